The second kappa shape index (κ2) is 4.74. The number of nitrogens with zero attached hydrogens (tertiary/aromatic N) is 2. The van der Waals surface area contributed by atoms with Gasteiger partial charge in [0.25, 0.3) is 0 Å². The van der Waals surface area contributed by atoms with Gasteiger partial charge in [-0.05, 0) is 0 Å². The summed E-state index contributed by atoms with van der Waals surface area (Å²) in [6.07, 6.45) is 3.29. The van der Waals surface area contributed by atoms with E-state index < -0.39 is 0 Å². The van der Waals surface area contributed by atoms with Crippen LogP contribution >= 0.6 is 0 Å². The van der Waals surface area contributed by atoms with Crippen LogP contribution in [0.25, 0.3) is 0 Å². The number of hydrogen-bond acceptors (Lipinski definition) is 4. The quantitative estimate of drug-likeness (QED) is 0.547. The van der Waals surface area contributed by atoms with E-state index in [-0.39, 0.29) is 13.2 Å². The van der Waals surface area contributed by atoms with E-state index in [9.17, 15) is 0 Å². The Morgan fingerprint density at radius 1 is 1.42 bits per heavy atom. The monoisotopic (exact) mass is 171 g/mol. The van der Waals surface area contributed by atoms with Gasteiger partial charge in [-0.25, -0.2) is 4.98 Å². The van der Waals surface area contributed by atoms with Crippen molar-refractivity contribution in [2.24, 2.45) is 0 Å². The standard InChI is InChI=1S/C7H13N3O2/c11-3-1-9-7-5-8-6-10(7)2-4-12/h5-6,9,11-12H,1-4H2. The Kier molecular flexibility index (Phi) is 3.56. The zero-order valence-electron chi connectivity index (χ0n) is 6.77. The zero-order chi connectivity index (χ0) is 8.81. The van der Waals surface area contributed by atoms with Gasteiger partial charge in [-0.15, -0.1) is 0 Å². The predicted octanol–water partition coefficient (Wildman–Crippen LogP) is -0.720. The Hall–Kier alpha value is -1.07. The number of aromatic nitrogens is 2. The number of anilines is 1. The van der Waals surface area contributed by atoms with E-state index in [1.807, 2.05) is 0 Å². The second-order valence-electron chi connectivity index (χ2n) is 2.35. The molecule has 1 rings (SSSR count). The summed E-state index contributed by atoms with van der Waals surface area (Å²) in [6.45, 7) is 1.19. The molecule has 0 amide bonds. The van der Waals surface area contributed by atoms with Crippen LogP contribution in [0.4, 0.5) is 5.82 Å². The van der Waals surface area contributed by atoms with Gasteiger partial charge in [-0.3, -0.25) is 0 Å². The van der Waals surface area contributed by atoms with E-state index in [1.54, 1.807) is 17.1 Å². The van der Waals surface area contributed by atoms with Crippen LogP contribution in [0.5, 0.6) is 0 Å². The number of imidazole rings is 1. The highest BCUT2D eigenvalue weighted by atomic mass is 16.3. The molecule has 5 nitrogen and oxygen atoms in total. The van der Waals surface area contributed by atoms with Crippen molar-refractivity contribution in [3.8, 4) is 0 Å². The number of aliphatic hydroxyl groups is 2. The molecule has 0 aliphatic rings. The molecule has 0 radical (unpaired) electrons. The van der Waals surface area contributed by atoms with Gasteiger partial charge in [-0.2, -0.15) is 0 Å². The van der Waals surface area contributed by atoms with Crippen LogP contribution in [-0.2, 0) is 6.54 Å². The highest BCUT2D eigenvalue weighted by Crippen LogP contribution is 2.04. The fraction of sp³-hybridized carbons (Fsp3) is 0.571. The Labute approximate surface area is 70.7 Å². The molecule has 3 N–H and O–H groups in total. The average molecular weight is 171 g/mol. The van der Waals surface area contributed by atoms with Crippen molar-refractivity contribution in [2.45, 2.75) is 6.54 Å². The minimum absolute atomic E-state index is 0.0875. The SMILES string of the molecule is OCCNc1cncn1CCO. The van der Waals surface area contributed by atoms with Crippen LogP contribution in [0.15, 0.2) is 12.5 Å². The molecule has 0 aliphatic heterocycles. The Bertz CT molecular complexity index is 224. The maximum Gasteiger partial charge on any atom is 0.126 e. The molecule has 0 aliphatic carbocycles. The number of nitrogens with one attached hydrogen (secondary N) is 1. The van der Waals surface area contributed by atoms with E-state index >= 15 is 0 Å². The molecule has 0 unspecified atom stereocenters. The van der Waals surface area contributed by atoms with Crippen molar-refractivity contribution in [1.82, 2.24) is 9.55 Å². The number of hydrogen-bond donors (Lipinski definition) is 3. The lowest BCUT2D eigenvalue weighted by atomic mass is 10.6. The fourth-order valence-corrected chi connectivity index (χ4v) is 0.938. The van der Waals surface area contributed by atoms with Gasteiger partial charge in [0.2, 0.25) is 0 Å². The molecule has 1 aromatic heterocycles. The molecule has 1 heterocycles. The molecule has 0 aromatic carbocycles. The van der Waals surface area contributed by atoms with Gasteiger partial charge in [0.1, 0.15) is 5.82 Å². The molecule has 0 saturated carbocycles. The van der Waals surface area contributed by atoms with Crippen molar-refractivity contribution < 1.29 is 10.2 Å². The normalized spacial score (nSPS) is 10.2. The lowest BCUT2D eigenvalue weighted by molar-refractivity contribution is 0.276. The summed E-state index contributed by atoms with van der Waals surface area (Å²) in [4.78, 5) is 3.90. The van der Waals surface area contributed by atoms with E-state index in [0.29, 0.717) is 13.1 Å². The van der Waals surface area contributed by atoms with Crippen molar-refractivity contribution in [1.29, 1.82) is 0 Å². The summed E-state index contributed by atoms with van der Waals surface area (Å²) >= 11 is 0. The summed E-state index contributed by atoms with van der Waals surface area (Å²) in [5, 5.41) is 20.2. The molecular weight excluding hydrogens is 158 g/mol. The fourth-order valence-electron chi connectivity index (χ4n) is 0.938. The largest absolute Gasteiger partial charge is 0.395 e. The molecule has 0 atom stereocenters. The lowest BCUT2D eigenvalue weighted by Crippen LogP contribution is -2.11. The number of aliphatic hydroxyl groups excluding tert-OH is 2. The first-order chi connectivity index (χ1) is 5.88. The van der Waals surface area contributed by atoms with Crippen molar-refractivity contribution in [3.63, 3.8) is 0 Å². The highest BCUT2D eigenvalue weighted by molar-refractivity contribution is 5.32. The predicted molar refractivity (Wildman–Crippen MR) is 44.9 cm³/mol. The molecule has 0 saturated heterocycles. The van der Waals surface area contributed by atoms with Gasteiger partial charge < -0.3 is 20.1 Å². The zero-order valence-corrected chi connectivity index (χ0v) is 6.77. The minimum atomic E-state index is 0.0875. The van der Waals surface area contributed by atoms with E-state index in [1.165, 1.54) is 0 Å². The van der Waals surface area contributed by atoms with Crippen LogP contribution in [0, 0.1) is 0 Å². The summed E-state index contributed by atoms with van der Waals surface area (Å²) in [7, 11) is 0. The van der Waals surface area contributed by atoms with Crippen LogP contribution < -0.4 is 5.32 Å². The third kappa shape index (κ3) is 2.21. The van der Waals surface area contributed by atoms with Crippen LogP contribution in [0.3, 0.4) is 0 Å². The summed E-state index contributed by atoms with van der Waals surface area (Å²) in [5.41, 5.74) is 0. The lowest BCUT2D eigenvalue weighted by Gasteiger charge is -2.06. The topological polar surface area (TPSA) is 70.3 Å². The molecule has 5 heteroatoms. The van der Waals surface area contributed by atoms with E-state index in [4.69, 9.17) is 10.2 Å². The summed E-state index contributed by atoms with van der Waals surface area (Å²) in [5.74, 6) is 0.818. The first kappa shape index (κ1) is 9.02. The van der Waals surface area contributed by atoms with Crippen molar-refractivity contribution in [3.05, 3.63) is 12.5 Å². The van der Waals surface area contributed by atoms with Crippen molar-refractivity contribution >= 4 is 5.82 Å². The first-order valence-electron chi connectivity index (χ1n) is 3.84. The van der Waals surface area contributed by atoms with Gasteiger partial charge in [0.05, 0.1) is 25.7 Å². The molecule has 12 heavy (non-hydrogen) atoms. The van der Waals surface area contributed by atoms with Gasteiger partial charge in [-0.1, -0.05) is 0 Å². The van der Waals surface area contributed by atoms with E-state index in [0.717, 1.165) is 5.82 Å². The Morgan fingerprint density at radius 2 is 2.25 bits per heavy atom. The van der Waals surface area contributed by atoms with Crippen molar-refractivity contribution in [2.75, 3.05) is 25.1 Å². The van der Waals surface area contributed by atoms with Crippen LogP contribution in [0.1, 0.15) is 0 Å². The average Bonchev–Trinajstić information content (AvgIpc) is 2.50. The minimum Gasteiger partial charge on any atom is -0.395 e. The highest BCUT2D eigenvalue weighted by Gasteiger charge is 1.98. The smallest absolute Gasteiger partial charge is 0.126 e. The maximum absolute atomic E-state index is 8.66. The summed E-state index contributed by atoms with van der Waals surface area (Å²) in [6, 6.07) is 0. The van der Waals surface area contributed by atoms with Crippen LogP contribution in [-0.4, -0.2) is 39.5 Å². The van der Waals surface area contributed by atoms with Gasteiger partial charge in [0, 0.05) is 13.1 Å². The Balaban J connectivity index is 2.51. The molecule has 0 bridgehead atoms. The molecule has 0 spiro atoms. The molecule has 1 aromatic rings. The Morgan fingerprint density at radius 3 is 2.92 bits per heavy atom. The maximum atomic E-state index is 8.66. The number of rotatable bonds is 5. The first-order valence-corrected chi connectivity index (χ1v) is 3.84. The van der Waals surface area contributed by atoms with Crippen LogP contribution in [0.2, 0.25) is 0 Å². The van der Waals surface area contributed by atoms with Gasteiger partial charge in [0.15, 0.2) is 0 Å². The van der Waals surface area contributed by atoms with E-state index in [2.05, 4.69) is 10.3 Å². The van der Waals surface area contributed by atoms with Gasteiger partial charge >= 0.3 is 0 Å². The molecule has 0 fully saturated rings. The third-order valence-corrected chi connectivity index (χ3v) is 1.47. The second-order valence-corrected chi connectivity index (χ2v) is 2.35. The molecular formula is C7H13N3O2. The molecule has 68 valence electrons. The third-order valence-electron chi connectivity index (χ3n) is 1.47. The summed E-state index contributed by atoms with van der Waals surface area (Å²) < 4.78 is 1.79.